The number of carboxylic acids is 1. The van der Waals surface area contributed by atoms with Crippen LogP contribution in [0.3, 0.4) is 0 Å². The van der Waals surface area contributed by atoms with E-state index in [0.29, 0.717) is 30.1 Å². The van der Waals surface area contributed by atoms with Gasteiger partial charge in [-0.25, -0.2) is 4.68 Å². The molecule has 0 unspecified atom stereocenters. The van der Waals surface area contributed by atoms with Crippen LogP contribution in [0.1, 0.15) is 30.3 Å². The van der Waals surface area contributed by atoms with Crippen LogP contribution in [-0.2, 0) is 4.79 Å². The van der Waals surface area contributed by atoms with Crippen molar-refractivity contribution in [1.29, 1.82) is 0 Å². The van der Waals surface area contributed by atoms with Crippen molar-refractivity contribution < 1.29 is 14.7 Å². The number of hydrogen-bond donors (Lipinski definition) is 1. The lowest BCUT2D eigenvalue weighted by molar-refractivity contribution is -0.144. The molecule has 24 heavy (non-hydrogen) atoms. The predicted octanol–water partition coefficient (Wildman–Crippen LogP) is 2.85. The molecular formula is C17H18ClN3O3. The smallest absolute Gasteiger partial charge is 0.308 e. The van der Waals surface area contributed by atoms with Crippen molar-refractivity contribution in [2.45, 2.75) is 25.8 Å². The van der Waals surface area contributed by atoms with Gasteiger partial charge >= 0.3 is 5.97 Å². The van der Waals surface area contributed by atoms with E-state index in [1.807, 2.05) is 12.1 Å². The number of amides is 1. The molecule has 1 aliphatic heterocycles. The van der Waals surface area contributed by atoms with E-state index in [-0.39, 0.29) is 11.9 Å². The fourth-order valence-electron chi connectivity index (χ4n) is 3.08. The Hall–Kier alpha value is -2.34. The van der Waals surface area contributed by atoms with Gasteiger partial charge in [0.15, 0.2) is 5.69 Å². The van der Waals surface area contributed by atoms with E-state index in [0.717, 1.165) is 5.69 Å². The highest BCUT2D eigenvalue weighted by atomic mass is 35.5. The van der Waals surface area contributed by atoms with Gasteiger partial charge in [-0.05, 0) is 50.1 Å². The van der Waals surface area contributed by atoms with Crippen LogP contribution in [0.2, 0.25) is 5.02 Å². The number of halogens is 1. The summed E-state index contributed by atoms with van der Waals surface area (Å²) >= 11 is 5.87. The lowest BCUT2D eigenvalue weighted by atomic mass is 9.90. The summed E-state index contributed by atoms with van der Waals surface area (Å²) in [5.41, 5.74) is 1.11. The van der Waals surface area contributed by atoms with Gasteiger partial charge in [0.25, 0.3) is 5.91 Å². The van der Waals surface area contributed by atoms with Crippen LogP contribution in [0, 0.1) is 5.92 Å². The van der Waals surface area contributed by atoms with Gasteiger partial charge in [0.05, 0.1) is 11.6 Å². The summed E-state index contributed by atoms with van der Waals surface area (Å²) < 4.78 is 1.60. The fraction of sp³-hybridized carbons (Fsp3) is 0.353. The third kappa shape index (κ3) is 3.14. The molecule has 0 aliphatic carbocycles. The van der Waals surface area contributed by atoms with Crippen LogP contribution in [0.5, 0.6) is 0 Å². The molecule has 126 valence electrons. The summed E-state index contributed by atoms with van der Waals surface area (Å²) in [6.45, 7) is 2.34. The van der Waals surface area contributed by atoms with Gasteiger partial charge in [0, 0.05) is 23.8 Å². The summed E-state index contributed by atoms with van der Waals surface area (Å²) in [7, 11) is 0. The quantitative estimate of drug-likeness (QED) is 0.926. The molecule has 2 heterocycles. The maximum absolute atomic E-state index is 12.7. The van der Waals surface area contributed by atoms with Crippen molar-refractivity contribution in [3.63, 3.8) is 0 Å². The highest BCUT2D eigenvalue weighted by molar-refractivity contribution is 6.30. The Bertz CT molecular complexity index is 757. The molecule has 2 atom stereocenters. The van der Waals surface area contributed by atoms with Crippen molar-refractivity contribution in [1.82, 2.24) is 14.7 Å². The number of carbonyl (C=O) groups is 2. The average molecular weight is 348 g/mol. The molecule has 0 spiro atoms. The highest BCUT2D eigenvalue weighted by Crippen LogP contribution is 2.25. The third-order valence-corrected chi connectivity index (χ3v) is 4.72. The first-order valence-electron chi connectivity index (χ1n) is 7.83. The summed E-state index contributed by atoms with van der Waals surface area (Å²) in [6, 6.07) is 8.44. The Balaban J connectivity index is 1.80. The zero-order chi connectivity index (χ0) is 17.3. The van der Waals surface area contributed by atoms with Crippen molar-refractivity contribution in [3.05, 3.63) is 47.2 Å². The van der Waals surface area contributed by atoms with Gasteiger partial charge in [0.1, 0.15) is 0 Å². The van der Waals surface area contributed by atoms with Crippen LogP contribution in [0.25, 0.3) is 5.69 Å². The number of benzene rings is 1. The van der Waals surface area contributed by atoms with E-state index in [1.54, 1.807) is 40.9 Å². The number of likely N-dealkylation sites (tertiary alicyclic amines) is 1. The molecule has 1 aliphatic rings. The first kappa shape index (κ1) is 16.5. The van der Waals surface area contributed by atoms with E-state index in [1.165, 1.54) is 0 Å². The zero-order valence-corrected chi connectivity index (χ0v) is 14.0. The molecule has 1 amide bonds. The van der Waals surface area contributed by atoms with E-state index in [4.69, 9.17) is 11.6 Å². The summed E-state index contributed by atoms with van der Waals surface area (Å²) in [5, 5.41) is 14.2. The van der Waals surface area contributed by atoms with E-state index < -0.39 is 11.9 Å². The topological polar surface area (TPSA) is 75.4 Å². The number of carboxylic acid groups (broad SMARTS) is 1. The monoisotopic (exact) mass is 347 g/mol. The molecule has 3 rings (SSSR count). The van der Waals surface area contributed by atoms with Crippen molar-refractivity contribution in [2.24, 2.45) is 5.92 Å². The number of aromatic nitrogens is 2. The Kier molecular flexibility index (Phi) is 4.57. The maximum atomic E-state index is 12.7. The van der Waals surface area contributed by atoms with Gasteiger partial charge < -0.3 is 10.0 Å². The zero-order valence-electron chi connectivity index (χ0n) is 13.2. The number of aliphatic carboxylic acids is 1. The SMILES string of the molecule is C[C@@H]1[C@H](C(=O)O)CCCN1C(=O)c1ccn(-c2ccc(Cl)cc2)n1. The lowest BCUT2D eigenvalue weighted by Gasteiger charge is -2.37. The number of piperidine rings is 1. The van der Waals surface area contributed by atoms with Gasteiger partial charge in [-0.1, -0.05) is 11.6 Å². The van der Waals surface area contributed by atoms with E-state index in [9.17, 15) is 14.7 Å². The molecular weight excluding hydrogens is 330 g/mol. The maximum Gasteiger partial charge on any atom is 0.308 e. The summed E-state index contributed by atoms with van der Waals surface area (Å²) in [5.74, 6) is -1.62. The third-order valence-electron chi connectivity index (χ3n) is 4.47. The molecule has 1 aromatic carbocycles. The standard InChI is InChI=1S/C17H18ClN3O3/c1-11-14(17(23)24)3-2-9-20(11)16(22)15-8-10-21(19-15)13-6-4-12(18)5-7-13/h4-8,10-11,14H,2-3,9H2,1H3,(H,23,24)/t11-,14-/m1/s1. The number of rotatable bonds is 3. The van der Waals surface area contributed by atoms with Crippen LogP contribution in [0.4, 0.5) is 0 Å². The normalized spacial score (nSPS) is 20.8. The van der Waals surface area contributed by atoms with Crippen molar-refractivity contribution >= 4 is 23.5 Å². The minimum atomic E-state index is -0.855. The first-order chi connectivity index (χ1) is 11.5. The molecule has 0 saturated carbocycles. The fourth-order valence-corrected chi connectivity index (χ4v) is 3.21. The second-order valence-electron chi connectivity index (χ2n) is 5.95. The molecule has 0 radical (unpaired) electrons. The Labute approximate surface area is 144 Å². The summed E-state index contributed by atoms with van der Waals surface area (Å²) in [6.07, 6.45) is 2.99. The van der Waals surface area contributed by atoms with Gasteiger partial charge in [-0.15, -0.1) is 0 Å². The second kappa shape index (κ2) is 6.65. The minimum absolute atomic E-state index is 0.235. The van der Waals surface area contributed by atoms with E-state index >= 15 is 0 Å². The lowest BCUT2D eigenvalue weighted by Crippen LogP contribution is -2.49. The second-order valence-corrected chi connectivity index (χ2v) is 6.38. The number of nitrogens with zero attached hydrogens (tertiary/aromatic N) is 3. The van der Waals surface area contributed by atoms with Gasteiger partial charge in [-0.3, -0.25) is 9.59 Å². The molecule has 0 bridgehead atoms. The van der Waals surface area contributed by atoms with E-state index in [2.05, 4.69) is 5.10 Å². The number of carbonyl (C=O) groups excluding carboxylic acids is 1. The minimum Gasteiger partial charge on any atom is -0.481 e. The predicted molar refractivity (Wildman–Crippen MR) is 89.4 cm³/mol. The van der Waals surface area contributed by atoms with Crippen molar-refractivity contribution in [2.75, 3.05) is 6.54 Å². The number of hydrogen-bond acceptors (Lipinski definition) is 3. The Morgan fingerprint density at radius 3 is 2.62 bits per heavy atom. The molecule has 1 fully saturated rings. The van der Waals surface area contributed by atoms with Crippen molar-refractivity contribution in [3.8, 4) is 5.69 Å². The van der Waals surface area contributed by atoms with Crippen LogP contribution >= 0.6 is 11.6 Å². The molecule has 7 heteroatoms. The molecule has 1 saturated heterocycles. The first-order valence-corrected chi connectivity index (χ1v) is 8.20. The van der Waals surface area contributed by atoms with Gasteiger partial charge in [0.2, 0.25) is 0 Å². The van der Waals surface area contributed by atoms with Gasteiger partial charge in [-0.2, -0.15) is 5.10 Å². The van der Waals surface area contributed by atoms with Crippen LogP contribution in [0.15, 0.2) is 36.5 Å². The average Bonchev–Trinajstić information content (AvgIpc) is 3.05. The molecule has 1 N–H and O–H groups in total. The summed E-state index contributed by atoms with van der Waals surface area (Å²) in [4.78, 5) is 25.6. The molecule has 2 aromatic rings. The molecule has 6 nitrogen and oxygen atoms in total. The van der Waals surface area contributed by atoms with Crippen LogP contribution < -0.4 is 0 Å². The molecule has 1 aromatic heterocycles. The largest absolute Gasteiger partial charge is 0.481 e. The Morgan fingerprint density at radius 2 is 1.96 bits per heavy atom. The Morgan fingerprint density at radius 1 is 1.25 bits per heavy atom. The highest BCUT2D eigenvalue weighted by Gasteiger charge is 2.36. The van der Waals surface area contributed by atoms with Crippen LogP contribution in [-0.4, -0.2) is 44.3 Å².